The number of rotatable bonds is 7. The number of carbonyl (C=O) groups excluding carboxylic acids is 1. The maximum absolute atomic E-state index is 13.4. The second-order valence-electron chi connectivity index (χ2n) is 9.24. The molecule has 1 aromatic heterocycles. The van der Waals surface area contributed by atoms with Gasteiger partial charge < -0.3 is 14.8 Å². The van der Waals surface area contributed by atoms with E-state index in [-0.39, 0.29) is 34.4 Å². The van der Waals surface area contributed by atoms with Crippen LogP contribution in [0, 0.1) is 5.82 Å². The monoisotopic (exact) mass is 545 g/mol. The van der Waals surface area contributed by atoms with Crippen molar-refractivity contribution in [2.75, 3.05) is 11.5 Å². The molecule has 1 aliphatic rings. The number of hydrogen-bond donors (Lipinski definition) is 1. The van der Waals surface area contributed by atoms with Crippen molar-refractivity contribution in [1.82, 2.24) is 15.1 Å². The maximum atomic E-state index is 13.4. The Kier molecular flexibility index (Phi) is 6.51. The van der Waals surface area contributed by atoms with Crippen LogP contribution >= 0.6 is 0 Å². The van der Waals surface area contributed by atoms with E-state index in [1.807, 2.05) is 0 Å². The Balaban J connectivity index is 1.55. The molecule has 1 amide bonds. The smallest absolute Gasteiger partial charge is 0.387 e. The molecule has 5 rings (SSSR count). The van der Waals surface area contributed by atoms with Crippen LogP contribution in [0.4, 0.5) is 13.2 Å². The quantitative estimate of drug-likeness (QED) is 0.356. The van der Waals surface area contributed by atoms with Gasteiger partial charge in [0.2, 0.25) is 5.88 Å². The Bertz CT molecular complexity index is 1620. The van der Waals surface area contributed by atoms with Crippen molar-refractivity contribution in [2.45, 2.75) is 25.5 Å². The lowest BCUT2D eigenvalue weighted by atomic mass is 10.0. The number of amides is 1. The highest BCUT2D eigenvalue weighted by Gasteiger charge is 2.39. The van der Waals surface area contributed by atoms with Crippen LogP contribution in [-0.4, -0.2) is 47.8 Å². The first-order valence-corrected chi connectivity index (χ1v) is 13.4. The molecule has 1 aliphatic heterocycles. The van der Waals surface area contributed by atoms with Crippen molar-refractivity contribution in [3.05, 3.63) is 78.1 Å². The van der Waals surface area contributed by atoms with Crippen molar-refractivity contribution >= 4 is 26.6 Å². The predicted molar refractivity (Wildman–Crippen MR) is 133 cm³/mol. The number of fused-ring (bicyclic) bond motifs is 1. The van der Waals surface area contributed by atoms with Crippen molar-refractivity contribution < 1.29 is 35.9 Å². The van der Waals surface area contributed by atoms with Crippen LogP contribution in [0.3, 0.4) is 0 Å². The van der Waals surface area contributed by atoms with E-state index in [1.165, 1.54) is 47.1 Å². The van der Waals surface area contributed by atoms with Crippen LogP contribution in [0.1, 0.15) is 23.7 Å². The summed E-state index contributed by atoms with van der Waals surface area (Å²) in [4.78, 5) is 13.1. The number of carbonyl (C=O) groups is 1. The summed E-state index contributed by atoms with van der Waals surface area (Å²) in [5.74, 6) is -0.786. The van der Waals surface area contributed by atoms with Crippen molar-refractivity contribution in [2.24, 2.45) is 0 Å². The van der Waals surface area contributed by atoms with E-state index in [1.54, 1.807) is 31.2 Å². The van der Waals surface area contributed by atoms with Gasteiger partial charge in [0.05, 0.1) is 33.6 Å². The molecule has 0 aliphatic carbocycles. The Labute approximate surface area is 215 Å². The van der Waals surface area contributed by atoms with Gasteiger partial charge in [0, 0.05) is 11.6 Å². The fraction of sp³-hybridized carbons (Fsp3) is 0.231. The zero-order chi connectivity index (χ0) is 27.1. The van der Waals surface area contributed by atoms with Gasteiger partial charge in [0.25, 0.3) is 5.91 Å². The zero-order valence-corrected chi connectivity index (χ0v) is 20.8. The first kappa shape index (κ1) is 25.6. The predicted octanol–water partition coefficient (Wildman–Crippen LogP) is 4.87. The number of halogens is 3. The molecule has 0 bridgehead atoms. The molecule has 2 heterocycles. The first-order valence-electron chi connectivity index (χ1n) is 11.5. The highest BCUT2D eigenvalue weighted by atomic mass is 32.2. The fourth-order valence-electron chi connectivity index (χ4n) is 4.37. The molecule has 0 spiro atoms. The summed E-state index contributed by atoms with van der Waals surface area (Å²) in [7, 11) is -3.23. The van der Waals surface area contributed by atoms with Gasteiger partial charge in [-0.15, -0.1) is 5.10 Å². The van der Waals surface area contributed by atoms with E-state index in [0.717, 1.165) is 0 Å². The van der Waals surface area contributed by atoms with Gasteiger partial charge in [-0.05, 0) is 67.9 Å². The molecular formula is C26H22F3N3O5S. The minimum atomic E-state index is -3.23. The zero-order valence-electron chi connectivity index (χ0n) is 20.0. The van der Waals surface area contributed by atoms with E-state index in [9.17, 15) is 26.4 Å². The Hall–Kier alpha value is -4.06. The summed E-state index contributed by atoms with van der Waals surface area (Å²) < 4.78 is 74.6. The fourth-order valence-corrected chi connectivity index (χ4v) is 6.46. The summed E-state index contributed by atoms with van der Waals surface area (Å²) in [5.41, 5.74) is 0.222. The summed E-state index contributed by atoms with van der Waals surface area (Å²) in [6.45, 7) is -1.32. The molecule has 4 aromatic rings. The molecule has 1 saturated heterocycles. The molecule has 198 valence electrons. The van der Waals surface area contributed by atoms with Gasteiger partial charge >= 0.3 is 6.61 Å². The molecule has 1 fully saturated rings. The Morgan fingerprint density at radius 2 is 1.84 bits per heavy atom. The average Bonchev–Trinajstić information content (AvgIpc) is 3.35. The van der Waals surface area contributed by atoms with Gasteiger partial charge in [-0.3, -0.25) is 4.79 Å². The summed E-state index contributed by atoms with van der Waals surface area (Å²) in [6, 6.07) is 15.9. The normalized spacial score (nSPS) is 18.6. The Morgan fingerprint density at radius 3 is 2.53 bits per heavy atom. The van der Waals surface area contributed by atoms with Crippen molar-refractivity contribution in [3.8, 4) is 23.1 Å². The van der Waals surface area contributed by atoms with Gasteiger partial charge in [-0.25, -0.2) is 17.5 Å². The average molecular weight is 546 g/mol. The van der Waals surface area contributed by atoms with E-state index in [4.69, 9.17) is 4.74 Å². The topological polar surface area (TPSA) is 99.5 Å². The number of alkyl halides is 2. The van der Waals surface area contributed by atoms with Crippen LogP contribution in [0.5, 0.6) is 17.4 Å². The minimum Gasteiger partial charge on any atom is -0.437 e. The van der Waals surface area contributed by atoms with Gasteiger partial charge in [0.15, 0.2) is 9.84 Å². The van der Waals surface area contributed by atoms with Crippen LogP contribution in [0.2, 0.25) is 0 Å². The van der Waals surface area contributed by atoms with Crippen molar-refractivity contribution in [3.63, 3.8) is 0 Å². The lowest BCUT2D eigenvalue weighted by Crippen LogP contribution is -2.46. The van der Waals surface area contributed by atoms with E-state index < -0.39 is 33.7 Å². The van der Waals surface area contributed by atoms with Crippen LogP contribution < -0.4 is 14.8 Å². The molecule has 8 nitrogen and oxygen atoms in total. The van der Waals surface area contributed by atoms with E-state index >= 15 is 0 Å². The molecular weight excluding hydrogens is 523 g/mol. The summed E-state index contributed by atoms with van der Waals surface area (Å²) >= 11 is 0. The number of nitrogens with one attached hydrogen (secondary N) is 1. The third kappa shape index (κ3) is 5.44. The largest absolute Gasteiger partial charge is 0.437 e. The van der Waals surface area contributed by atoms with Crippen LogP contribution in [0.25, 0.3) is 16.6 Å². The van der Waals surface area contributed by atoms with Crippen LogP contribution in [-0.2, 0) is 9.84 Å². The number of nitrogens with zero attached hydrogens (tertiary/aromatic N) is 2. The molecule has 0 unspecified atom stereocenters. The van der Waals surface area contributed by atoms with Crippen molar-refractivity contribution in [1.29, 1.82) is 0 Å². The molecule has 3 aromatic carbocycles. The number of ether oxygens (including phenoxy) is 2. The molecule has 0 radical (unpaired) electrons. The van der Waals surface area contributed by atoms with E-state index in [0.29, 0.717) is 23.0 Å². The number of hydrogen-bond acceptors (Lipinski definition) is 6. The summed E-state index contributed by atoms with van der Waals surface area (Å²) in [5, 5.41) is 7.71. The highest BCUT2D eigenvalue weighted by Crippen LogP contribution is 2.33. The lowest BCUT2D eigenvalue weighted by Gasteiger charge is -2.23. The second kappa shape index (κ2) is 9.67. The maximum Gasteiger partial charge on any atom is 0.387 e. The van der Waals surface area contributed by atoms with Gasteiger partial charge in [-0.1, -0.05) is 6.07 Å². The SMILES string of the molecule is C[C@]1(NC(=O)c2ccc3c(c2)c(Oc2ccc(F)cc2)nn3-c2cccc(OC(F)F)c2)CCS(=O)(=O)C1. The van der Waals surface area contributed by atoms with Gasteiger partial charge in [0.1, 0.15) is 17.3 Å². The van der Waals surface area contributed by atoms with Gasteiger partial charge in [-0.2, -0.15) is 8.78 Å². The molecule has 1 atom stereocenters. The second-order valence-corrected chi connectivity index (χ2v) is 11.4. The van der Waals surface area contributed by atoms with E-state index in [2.05, 4.69) is 15.2 Å². The third-order valence-electron chi connectivity index (χ3n) is 6.14. The lowest BCUT2D eigenvalue weighted by molar-refractivity contribution is -0.0498. The molecule has 12 heteroatoms. The van der Waals surface area contributed by atoms with Crippen LogP contribution in [0.15, 0.2) is 66.7 Å². The third-order valence-corrected chi connectivity index (χ3v) is 8.05. The summed E-state index contributed by atoms with van der Waals surface area (Å²) in [6.07, 6.45) is 0.303. The first-order chi connectivity index (χ1) is 18.0. The molecule has 1 N–H and O–H groups in total. The number of benzene rings is 3. The molecule has 0 saturated carbocycles. The minimum absolute atomic E-state index is 0.000416. The Morgan fingerprint density at radius 1 is 1.08 bits per heavy atom. The highest BCUT2D eigenvalue weighted by molar-refractivity contribution is 7.91. The standard InChI is InChI=1S/C26H22F3N3O5S/c1-26(11-12-38(34,35)15-26)30-23(33)16-5-10-22-21(13-16)24(36-19-8-6-17(27)7-9-19)31-32(22)18-3-2-4-20(14-18)37-25(28)29/h2-10,13-14,25H,11-12,15H2,1H3,(H,30,33)/t26-/m0/s1. The number of aromatic nitrogens is 2. The number of sulfone groups is 1. The molecule has 38 heavy (non-hydrogen) atoms.